The third-order valence-electron chi connectivity index (χ3n) is 1.77. The fraction of sp³-hybridized carbons (Fsp3) is 0.875. The van der Waals surface area contributed by atoms with Gasteiger partial charge < -0.3 is 20.1 Å². The Labute approximate surface area is 111 Å². The van der Waals surface area contributed by atoms with Crippen LogP contribution in [0, 0.1) is 0 Å². The van der Waals surface area contributed by atoms with Gasteiger partial charge in [-0.3, -0.25) is 4.57 Å². The van der Waals surface area contributed by atoms with E-state index >= 15 is 0 Å². The molecule has 0 aliphatic carbocycles. The Hall–Kier alpha value is -0.0000000000000000555. The van der Waals surface area contributed by atoms with E-state index in [2.05, 4.69) is 5.32 Å². The summed E-state index contributed by atoms with van der Waals surface area (Å²) in [6, 6.07) is -0.791. The van der Waals surface area contributed by atoms with E-state index in [1.807, 2.05) is 0 Å². The highest BCUT2D eigenvalue weighted by molar-refractivity contribution is 7.54. The minimum atomic E-state index is -3.50. The number of hydrogen-bond acceptors (Lipinski definition) is 4. The molecule has 17 heavy (non-hydrogen) atoms. The lowest BCUT2D eigenvalue weighted by atomic mass is 10.5. The number of nitrogens with one attached hydrogen (secondary N) is 1. The van der Waals surface area contributed by atoms with Crippen LogP contribution in [-0.4, -0.2) is 36.8 Å². The first-order valence-electron chi connectivity index (χ1n) is 5.06. The maximum absolute atomic E-state index is 12.4. The Morgan fingerprint density at radius 1 is 1.35 bits per heavy atom. The molecule has 0 fully saturated rings. The van der Waals surface area contributed by atoms with Crippen molar-refractivity contribution in [3.8, 4) is 0 Å². The summed E-state index contributed by atoms with van der Waals surface area (Å²) in [4.78, 5) is 10.8. The predicted molar refractivity (Wildman–Crippen MR) is 67.7 cm³/mol. The first kappa shape index (κ1) is 17.0. The van der Waals surface area contributed by atoms with Gasteiger partial charge in [-0.15, -0.1) is 23.2 Å². The van der Waals surface area contributed by atoms with Crippen molar-refractivity contribution in [2.45, 2.75) is 19.1 Å². The molecule has 0 aliphatic heterocycles. The fourth-order valence-corrected chi connectivity index (χ4v) is 3.34. The second kappa shape index (κ2) is 9.00. The zero-order valence-electron chi connectivity index (χ0n) is 9.53. The Morgan fingerprint density at radius 2 is 1.82 bits per heavy atom. The van der Waals surface area contributed by atoms with Gasteiger partial charge in [-0.1, -0.05) is 6.92 Å². The van der Waals surface area contributed by atoms with Crippen molar-refractivity contribution in [2.75, 3.05) is 25.0 Å². The van der Waals surface area contributed by atoms with Crippen LogP contribution in [0.15, 0.2) is 0 Å². The number of primary amides is 1. The van der Waals surface area contributed by atoms with Gasteiger partial charge in [0.2, 0.25) is 0 Å². The molecule has 2 amide bonds. The van der Waals surface area contributed by atoms with Crippen molar-refractivity contribution in [1.82, 2.24) is 5.32 Å². The SMILES string of the molecule is CCC(NC(N)=O)P(=O)(OCCCl)OCCCl. The summed E-state index contributed by atoms with van der Waals surface area (Å²) in [7, 11) is -3.50. The number of halogens is 2. The number of nitrogens with two attached hydrogens (primary N) is 1. The molecule has 0 saturated carbocycles. The zero-order valence-corrected chi connectivity index (χ0v) is 11.9. The highest BCUT2D eigenvalue weighted by Gasteiger charge is 2.35. The van der Waals surface area contributed by atoms with Crippen LogP contribution in [0.2, 0.25) is 0 Å². The highest BCUT2D eigenvalue weighted by atomic mass is 35.5. The standard InChI is InChI=1S/C8H17Cl2N2O4P/c1-2-7(12-8(11)13)17(14,15-5-3-9)16-6-4-10/h7H,2-6H2,1H3,(H3,11,12,13). The minimum absolute atomic E-state index is 0.0536. The summed E-state index contributed by atoms with van der Waals surface area (Å²) in [5.41, 5.74) is 4.99. The van der Waals surface area contributed by atoms with Gasteiger partial charge >= 0.3 is 13.6 Å². The van der Waals surface area contributed by atoms with Gasteiger partial charge in [0.05, 0.1) is 13.2 Å². The van der Waals surface area contributed by atoms with E-state index < -0.39 is 19.4 Å². The number of hydrogen-bond donors (Lipinski definition) is 2. The van der Waals surface area contributed by atoms with E-state index in [9.17, 15) is 9.36 Å². The molecule has 1 unspecified atom stereocenters. The number of carbonyl (C=O) groups excluding carboxylic acids is 1. The molecule has 0 aliphatic rings. The van der Waals surface area contributed by atoms with Crippen LogP contribution in [0.5, 0.6) is 0 Å². The van der Waals surface area contributed by atoms with Crippen molar-refractivity contribution in [3.63, 3.8) is 0 Å². The summed E-state index contributed by atoms with van der Waals surface area (Å²) in [5, 5.41) is 2.33. The monoisotopic (exact) mass is 306 g/mol. The average molecular weight is 307 g/mol. The van der Waals surface area contributed by atoms with E-state index in [0.29, 0.717) is 6.42 Å². The maximum Gasteiger partial charge on any atom is 0.352 e. The second-order valence-electron chi connectivity index (χ2n) is 3.02. The van der Waals surface area contributed by atoms with Gasteiger partial charge in [0, 0.05) is 11.8 Å². The Balaban J connectivity index is 4.70. The van der Waals surface area contributed by atoms with E-state index in [4.69, 9.17) is 38.0 Å². The summed E-state index contributed by atoms with van der Waals surface area (Å²) >= 11 is 10.9. The maximum atomic E-state index is 12.4. The third-order valence-corrected chi connectivity index (χ3v) is 4.43. The smallest absolute Gasteiger partial charge is 0.352 e. The summed E-state index contributed by atoms with van der Waals surface area (Å²) in [6.07, 6.45) is 0.352. The molecule has 0 radical (unpaired) electrons. The molecular weight excluding hydrogens is 290 g/mol. The van der Waals surface area contributed by atoms with Crippen LogP contribution in [-0.2, 0) is 13.6 Å². The summed E-state index contributed by atoms with van der Waals surface area (Å²) in [6.45, 7) is 1.83. The van der Waals surface area contributed by atoms with Crippen molar-refractivity contribution in [1.29, 1.82) is 0 Å². The third kappa shape index (κ3) is 6.48. The highest BCUT2D eigenvalue weighted by Crippen LogP contribution is 2.53. The van der Waals surface area contributed by atoms with Crippen LogP contribution in [0.1, 0.15) is 13.3 Å². The lowest BCUT2D eigenvalue weighted by Crippen LogP contribution is -2.39. The summed E-state index contributed by atoms with van der Waals surface area (Å²) < 4.78 is 22.6. The molecule has 102 valence electrons. The van der Waals surface area contributed by atoms with Gasteiger partial charge in [-0.05, 0) is 6.42 Å². The van der Waals surface area contributed by atoms with E-state index in [-0.39, 0.29) is 25.0 Å². The van der Waals surface area contributed by atoms with Gasteiger partial charge in [0.15, 0.2) is 0 Å². The molecule has 0 spiro atoms. The molecular formula is C8H17Cl2N2O4P. The van der Waals surface area contributed by atoms with Gasteiger partial charge in [-0.25, -0.2) is 4.79 Å². The largest absolute Gasteiger partial charge is 0.352 e. The van der Waals surface area contributed by atoms with E-state index in [0.717, 1.165) is 0 Å². The second-order valence-corrected chi connectivity index (χ2v) is 5.99. The first-order valence-corrected chi connectivity index (χ1v) is 7.75. The fourth-order valence-electron chi connectivity index (χ4n) is 1.11. The molecule has 0 aromatic heterocycles. The summed E-state index contributed by atoms with van der Waals surface area (Å²) in [5.74, 6) is -0.464. The normalized spacial score (nSPS) is 13.4. The number of amides is 2. The Bertz CT molecular complexity index is 268. The van der Waals surface area contributed by atoms with Crippen molar-refractivity contribution in [3.05, 3.63) is 0 Å². The number of alkyl halides is 2. The van der Waals surface area contributed by atoms with Crippen LogP contribution in [0.25, 0.3) is 0 Å². The van der Waals surface area contributed by atoms with Crippen LogP contribution in [0.4, 0.5) is 4.79 Å². The molecule has 0 bridgehead atoms. The van der Waals surface area contributed by atoms with Crippen LogP contribution in [0.3, 0.4) is 0 Å². The number of rotatable bonds is 9. The van der Waals surface area contributed by atoms with Crippen molar-refractivity contribution in [2.24, 2.45) is 5.73 Å². The molecule has 0 aromatic carbocycles. The zero-order chi connectivity index (χ0) is 13.3. The van der Waals surface area contributed by atoms with Gasteiger partial charge in [0.1, 0.15) is 5.78 Å². The van der Waals surface area contributed by atoms with E-state index in [1.165, 1.54) is 0 Å². The lowest BCUT2D eigenvalue weighted by Gasteiger charge is -2.25. The van der Waals surface area contributed by atoms with Crippen LogP contribution < -0.4 is 11.1 Å². The molecule has 9 heteroatoms. The quantitative estimate of drug-likeness (QED) is 0.504. The number of carbonyl (C=O) groups is 1. The van der Waals surface area contributed by atoms with Crippen molar-refractivity contribution >= 4 is 36.8 Å². The van der Waals surface area contributed by atoms with Gasteiger partial charge in [-0.2, -0.15) is 0 Å². The average Bonchev–Trinajstić information content (AvgIpc) is 2.30. The number of urea groups is 1. The molecule has 3 N–H and O–H groups in total. The topological polar surface area (TPSA) is 90.7 Å². The van der Waals surface area contributed by atoms with E-state index in [1.54, 1.807) is 6.92 Å². The molecule has 6 nitrogen and oxygen atoms in total. The minimum Gasteiger partial charge on any atom is -0.352 e. The van der Waals surface area contributed by atoms with Crippen molar-refractivity contribution < 1.29 is 18.4 Å². The Morgan fingerprint density at radius 3 is 2.12 bits per heavy atom. The van der Waals surface area contributed by atoms with Crippen LogP contribution >= 0.6 is 30.8 Å². The predicted octanol–water partition coefficient (Wildman–Crippen LogP) is 2.09. The lowest BCUT2D eigenvalue weighted by molar-refractivity contribution is 0.205. The first-order chi connectivity index (χ1) is 8.00. The molecule has 0 rings (SSSR count). The Kier molecular flexibility index (Phi) is 9.00. The molecule has 0 heterocycles. The molecule has 1 atom stereocenters. The molecule has 0 saturated heterocycles. The van der Waals surface area contributed by atoms with Gasteiger partial charge in [0.25, 0.3) is 0 Å². The molecule has 0 aromatic rings.